The number of alkyl halides is 3. The van der Waals surface area contributed by atoms with Crippen molar-refractivity contribution in [1.82, 2.24) is 20.3 Å². The Morgan fingerprint density at radius 2 is 1.78 bits per heavy atom. The highest BCUT2D eigenvalue weighted by Gasteiger charge is 2.42. The number of halogens is 4. The van der Waals surface area contributed by atoms with Gasteiger partial charge >= 0.3 is 6.18 Å². The summed E-state index contributed by atoms with van der Waals surface area (Å²) in [6.45, 7) is 5.88. The zero-order valence-corrected chi connectivity index (χ0v) is 15.3. The molecule has 1 atom stereocenters. The fraction of sp³-hybridized carbons (Fsp3) is 0.500. The zero-order chi connectivity index (χ0) is 20.2. The minimum absolute atomic E-state index is 0.0414. The highest BCUT2D eigenvalue weighted by atomic mass is 19.4. The SMILES string of the molecule is CC(C)CCCC(C)NC(=O)c1nnn(-c2ccc(F)cc2)c1C(F)(F)F. The van der Waals surface area contributed by atoms with Crippen LogP contribution in [0.1, 0.15) is 56.2 Å². The molecule has 1 amide bonds. The molecular weight excluding hydrogens is 364 g/mol. The van der Waals surface area contributed by atoms with Gasteiger partial charge in [-0.3, -0.25) is 4.79 Å². The molecule has 0 aliphatic rings. The van der Waals surface area contributed by atoms with Crippen LogP contribution in [0, 0.1) is 11.7 Å². The third kappa shape index (κ3) is 5.51. The molecule has 0 bridgehead atoms. The fourth-order valence-electron chi connectivity index (χ4n) is 2.65. The molecule has 148 valence electrons. The molecule has 27 heavy (non-hydrogen) atoms. The molecule has 0 saturated carbocycles. The van der Waals surface area contributed by atoms with E-state index < -0.39 is 29.3 Å². The number of benzene rings is 1. The van der Waals surface area contributed by atoms with Crippen molar-refractivity contribution in [2.75, 3.05) is 0 Å². The Labute approximate surface area is 154 Å². The first-order valence-electron chi connectivity index (χ1n) is 8.69. The third-order valence-electron chi connectivity index (χ3n) is 4.02. The van der Waals surface area contributed by atoms with Crippen molar-refractivity contribution >= 4 is 5.91 Å². The van der Waals surface area contributed by atoms with Crippen LogP contribution < -0.4 is 5.32 Å². The molecule has 0 saturated heterocycles. The van der Waals surface area contributed by atoms with Gasteiger partial charge in [0.05, 0.1) is 5.69 Å². The first-order chi connectivity index (χ1) is 12.6. The van der Waals surface area contributed by atoms with Crippen molar-refractivity contribution in [3.05, 3.63) is 41.5 Å². The lowest BCUT2D eigenvalue weighted by Crippen LogP contribution is -2.34. The van der Waals surface area contributed by atoms with Gasteiger partial charge in [0.2, 0.25) is 0 Å². The number of hydrogen-bond donors (Lipinski definition) is 1. The molecule has 1 aromatic heterocycles. The van der Waals surface area contributed by atoms with Crippen molar-refractivity contribution in [3.63, 3.8) is 0 Å². The Bertz CT molecular complexity index is 769. The van der Waals surface area contributed by atoms with E-state index in [0.29, 0.717) is 17.0 Å². The smallest absolute Gasteiger partial charge is 0.348 e. The number of amides is 1. The Hall–Kier alpha value is -2.45. The van der Waals surface area contributed by atoms with Crippen LogP contribution >= 0.6 is 0 Å². The van der Waals surface area contributed by atoms with Crippen molar-refractivity contribution in [2.24, 2.45) is 5.92 Å². The van der Waals surface area contributed by atoms with Gasteiger partial charge in [-0.2, -0.15) is 13.2 Å². The maximum Gasteiger partial charge on any atom is 0.435 e. The predicted molar refractivity (Wildman–Crippen MR) is 91.9 cm³/mol. The molecule has 1 N–H and O–H groups in total. The average Bonchev–Trinajstić information content (AvgIpc) is 3.00. The number of nitrogens with zero attached hydrogens (tertiary/aromatic N) is 3. The maximum absolute atomic E-state index is 13.5. The summed E-state index contributed by atoms with van der Waals surface area (Å²) in [7, 11) is 0. The second-order valence-corrected chi connectivity index (χ2v) is 6.87. The molecule has 1 aromatic carbocycles. The number of rotatable bonds is 7. The summed E-state index contributed by atoms with van der Waals surface area (Å²) in [5, 5.41) is 9.43. The number of aromatic nitrogens is 3. The van der Waals surface area contributed by atoms with Crippen molar-refractivity contribution in [2.45, 2.75) is 52.3 Å². The molecule has 2 rings (SSSR count). The van der Waals surface area contributed by atoms with E-state index in [1.54, 1.807) is 6.92 Å². The van der Waals surface area contributed by atoms with Gasteiger partial charge in [-0.25, -0.2) is 9.07 Å². The lowest BCUT2D eigenvalue weighted by molar-refractivity contribution is -0.143. The minimum atomic E-state index is -4.86. The van der Waals surface area contributed by atoms with Crippen molar-refractivity contribution in [1.29, 1.82) is 0 Å². The van der Waals surface area contributed by atoms with E-state index in [1.165, 1.54) is 0 Å². The molecular formula is C18H22F4N4O. The highest BCUT2D eigenvalue weighted by Crippen LogP contribution is 2.32. The van der Waals surface area contributed by atoms with E-state index >= 15 is 0 Å². The number of carbonyl (C=O) groups is 1. The van der Waals surface area contributed by atoms with E-state index in [-0.39, 0.29) is 11.7 Å². The molecule has 0 fully saturated rings. The van der Waals surface area contributed by atoms with Crippen LogP contribution in [0.4, 0.5) is 17.6 Å². The summed E-state index contributed by atoms with van der Waals surface area (Å²) in [4.78, 5) is 12.3. The molecule has 0 radical (unpaired) electrons. The largest absolute Gasteiger partial charge is 0.435 e. The van der Waals surface area contributed by atoms with Crippen LogP contribution in [0.25, 0.3) is 5.69 Å². The second kappa shape index (κ2) is 8.49. The van der Waals surface area contributed by atoms with E-state index in [2.05, 4.69) is 29.5 Å². The van der Waals surface area contributed by atoms with Crippen LogP contribution in [0.3, 0.4) is 0 Å². The number of carbonyl (C=O) groups excluding carboxylic acids is 1. The Balaban J connectivity index is 2.24. The zero-order valence-electron chi connectivity index (χ0n) is 15.3. The summed E-state index contributed by atoms with van der Waals surface area (Å²) < 4.78 is 54.2. The van der Waals surface area contributed by atoms with E-state index in [0.717, 1.165) is 37.1 Å². The number of nitrogens with one attached hydrogen (secondary N) is 1. The van der Waals surface area contributed by atoms with Crippen LogP contribution in [-0.2, 0) is 6.18 Å². The summed E-state index contributed by atoms with van der Waals surface area (Å²) in [6.07, 6.45) is -2.38. The summed E-state index contributed by atoms with van der Waals surface area (Å²) in [5.74, 6) is -1.02. The lowest BCUT2D eigenvalue weighted by Gasteiger charge is -2.15. The monoisotopic (exact) mass is 386 g/mol. The van der Waals surface area contributed by atoms with Gasteiger partial charge in [-0.05, 0) is 43.5 Å². The molecule has 0 spiro atoms. The normalized spacial score (nSPS) is 13.0. The first-order valence-corrected chi connectivity index (χ1v) is 8.69. The fourth-order valence-corrected chi connectivity index (χ4v) is 2.65. The maximum atomic E-state index is 13.5. The van der Waals surface area contributed by atoms with Gasteiger partial charge in [0.25, 0.3) is 5.91 Å². The van der Waals surface area contributed by atoms with E-state index in [4.69, 9.17) is 0 Å². The van der Waals surface area contributed by atoms with Crippen LogP contribution in [0.5, 0.6) is 0 Å². The van der Waals surface area contributed by atoms with Gasteiger partial charge < -0.3 is 5.32 Å². The van der Waals surface area contributed by atoms with E-state index in [9.17, 15) is 22.4 Å². The third-order valence-corrected chi connectivity index (χ3v) is 4.02. The summed E-state index contributed by atoms with van der Waals surface area (Å²) in [5.41, 5.74) is -2.14. The quantitative estimate of drug-likeness (QED) is 0.719. The van der Waals surface area contributed by atoms with Gasteiger partial charge in [-0.1, -0.05) is 31.9 Å². The van der Waals surface area contributed by atoms with Gasteiger partial charge in [-0.15, -0.1) is 5.10 Å². The molecule has 1 unspecified atom stereocenters. The second-order valence-electron chi connectivity index (χ2n) is 6.87. The first kappa shape index (κ1) is 20.9. The average molecular weight is 386 g/mol. The van der Waals surface area contributed by atoms with Gasteiger partial charge in [0.1, 0.15) is 5.82 Å². The predicted octanol–water partition coefficient (Wildman–Crippen LogP) is 4.37. The van der Waals surface area contributed by atoms with E-state index in [1.807, 2.05) is 0 Å². The van der Waals surface area contributed by atoms with Crippen LogP contribution in [0.15, 0.2) is 24.3 Å². The Morgan fingerprint density at radius 3 is 2.33 bits per heavy atom. The number of hydrogen-bond acceptors (Lipinski definition) is 3. The molecule has 0 aliphatic carbocycles. The van der Waals surface area contributed by atoms with Crippen LogP contribution in [0.2, 0.25) is 0 Å². The topological polar surface area (TPSA) is 59.8 Å². The minimum Gasteiger partial charge on any atom is -0.348 e. The van der Waals surface area contributed by atoms with Gasteiger partial charge in [0.15, 0.2) is 11.4 Å². The molecule has 5 nitrogen and oxygen atoms in total. The van der Waals surface area contributed by atoms with Crippen molar-refractivity contribution < 1.29 is 22.4 Å². The Morgan fingerprint density at radius 1 is 1.15 bits per heavy atom. The molecule has 1 heterocycles. The highest BCUT2D eigenvalue weighted by molar-refractivity contribution is 5.93. The molecule has 9 heteroatoms. The van der Waals surface area contributed by atoms with Gasteiger partial charge in [0, 0.05) is 6.04 Å². The van der Waals surface area contributed by atoms with Crippen LogP contribution in [-0.4, -0.2) is 26.9 Å². The Kier molecular flexibility index (Phi) is 6.56. The summed E-state index contributed by atoms with van der Waals surface area (Å²) in [6, 6.07) is 3.99. The van der Waals surface area contributed by atoms with Crippen molar-refractivity contribution in [3.8, 4) is 5.69 Å². The molecule has 0 aliphatic heterocycles. The molecule has 2 aromatic rings. The summed E-state index contributed by atoms with van der Waals surface area (Å²) >= 11 is 0. The standard InChI is InChI=1S/C18H22F4N4O/c1-11(2)5-4-6-12(3)23-17(27)15-16(18(20,21)22)26(25-24-15)14-9-7-13(19)8-10-14/h7-12H,4-6H2,1-3H3,(H,23,27). The lowest BCUT2D eigenvalue weighted by atomic mass is 10.0.